The van der Waals surface area contributed by atoms with Crippen LogP contribution in [-0.2, 0) is 18.4 Å². The highest BCUT2D eigenvalue weighted by Gasteiger charge is 2.24. The normalized spacial score (nSPS) is 13.9. The largest absolute Gasteiger partial charge is 0.756 e. The first kappa shape index (κ1) is 69.2. The van der Waals surface area contributed by atoms with Gasteiger partial charge in [-0.1, -0.05) is 289 Å². The molecule has 0 fully saturated rings. The molecule has 0 bridgehead atoms. The molecule has 0 saturated heterocycles. The van der Waals surface area contributed by atoms with Gasteiger partial charge in [-0.3, -0.25) is 9.36 Å². The van der Waals surface area contributed by atoms with E-state index in [0.29, 0.717) is 23.9 Å². The third kappa shape index (κ3) is 55.0. The molecule has 0 saturated carbocycles. The van der Waals surface area contributed by atoms with E-state index in [-0.39, 0.29) is 19.1 Å². The molecule has 0 radical (unpaired) electrons. The summed E-state index contributed by atoms with van der Waals surface area (Å²) < 4.78 is 23.4. The maximum atomic E-state index is 12.9. The molecule has 0 aromatic rings. The van der Waals surface area contributed by atoms with Crippen molar-refractivity contribution in [1.29, 1.82) is 0 Å². The number of carbonyl (C=O) groups is 1. The number of hydrogen-bond acceptors (Lipinski definition) is 6. The number of likely N-dealkylation sites (N-methyl/N-ethyl adjacent to an activating group) is 1. The fourth-order valence-corrected chi connectivity index (χ4v) is 10.4. The van der Waals surface area contributed by atoms with E-state index in [2.05, 4.69) is 31.3 Å². The van der Waals surface area contributed by atoms with Crippen LogP contribution in [0.25, 0.3) is 0 Å². The van der Waals surface area contributed by atoms with Crippen molar-refractivity contribution < 1.29 is 32.9 Å². The number of aliphatic hydroxyl groups excluding tert-OH is 1. The van der Waals surface area contributed by atoms with Crippen LogP contribution in [-0.4, -0.2) is 68.5 Å². The predicted octanol–water partition coefficient (Wildman–Crippen LogP) is 18.4. The summed E-state index contributed by atoms with van der Waals surface area (Å²) in [5.41, 5.74) is 0. The van der Waals surface area contributed by atoms with Gasteiger partial charge in [-0.05, 0) is 38.5 Å². The second-order valence-corrected chi connectivity index (χ2v) is 24.2. The molecule has 0 spiro atoms. The van der Waals surface area contributed by atoms with Crippen LogP contribution < -0.4 is 10.2 Å². The lowest BCUT2D eigenvalue weighted by atomic mass is 10.0. The number of allylic oxidation sites excluding steroid dienone is 2. The molecule has 0 rings (SSSR count). The van der Waals surface area contributed by atoms with Gasteiger partial charge in [0.15, 0.2) is 0 Å². The summed E-state index contributed by atoms with van der Waals surface area (Å²) in [4.78, 5) is 25.5. The van der Waals surface area contributed by atoms with Crippen LogP contribution in [0.4, 0.5) is 0 Å². The first-order valence-corrected chi connectivity index (χ1v) is 32.5. The molecule has 418 valence electrons. The lowest BCUT2D eigenvalue weighted by molar-refractivity contribution is -0.870. The maximum absolute atomic E-state index is 12.9. The Morgan fingerprint density at radius 1 is 0.486 bits per heavy atom. The number of hydrogen-bond donors (Lipinski definition) is 2. The van der Waals surface area contributed by atoms with Gasteiger partial charge in [0.05, 0.1) is 39.9 Å². The summed E-state index contributed by atoms with van der Waals surface area (Å²) in [5.74, 6) is -0.160. The first-order chi connectivity index (χ1) is 34.0. The van der Waals surface area contributed by atoms with Crippen LogP contribution in [0.3, 0.4) is 0 Å². The molecular weight excluding hydrogens is 888 g/mol. The Hall–Kier alpha value is -0.760. The van der Waals surface area contributed by atoms with Crippen LogP contribution in [0.5, 0.6) is 0 Å². The molecule has 2 N–H and O–H groups in total. The van der Waals surface area contributed by atoms with Crippen molar-refractivity contribution in [3.8, 4) is 0 Å². The lowest BCUT2D eigenvalue weighted by Gasteiger charge is -2.30. The molecule has 0 aliphatic carbocycles. The zero-order valence-corrected chi connectivity index (χ0v) is 48.6. The molecule has 9 heteroatoms. The van der Waals surface area contributed by atoms with Gasteiger partial charge in [0, 0.05) is 6.42 Å². The number of quaternary nitrogens is 1. The Balaban J connectivity index is 3.83. The van der Waals surface area contributed by atoms with Crippen LogP contribution in [0.1, 0.15) is 322 Å². The summed E-state index contributed by atoms with van der Waals surface area (Å²) in [5, 5.41) is 14.0. The molecule has 3 unspecified atom stereocenters. The highest BCUT2D eigenvalue weighted by molar-refractivity contribution is 7.45. The Bertz CT molecular complexity index is 1150. The number of aliphatic hydroxyl groups is 1. The topological polar surface area (TPSA) is 108 Å². The van der Waals surface area contributed by atoms with E-state index in [4.69, 9.17) is 9.05 Å². The van der Waals surface area contributed by atoms with Gasteiger partial charge in [0.25, 0.3) is 7.82 Å². The van der Waals surface area contributed by atoms with Gasteiger partial charge >= 0.3 is 0 Å². The zero-order chi connectivity index (χ0) is 51.3. The molecule has 70 heavy (non-hydrogen) atoms. The van der Waals surface area contributed by atoms with Gasteiger partial charge in [0.1, 0.15) is 13.2 Å². The molecule has 3 atom stereocenters. The summed E-state index contributed by atoms with van der Waals surface area (Å²) in [7, 11) is 1.32. The van der Waals surface area contributed by atoms with Crippen molar-refractivity contribution in [1.82, 2.24) is 5.32 Å². The fraction of sp³-hybridized carbons (Fsp3) is 0.951. The Morgan fingerprint density at radius 2 is 0.786 bits per heavy atom. The van der Waals surface area contributed by atoms with Gasteiger partial charge in [-0.15, -0.1) is 0 Å². The third-order valence-corrected chi connectivity index (χ3v) is 15.5. The third-order valence-electron chi connectivity index (χ3n) is 14.5. The minimum Gasteiger partial charge on any atom is -0.756 e. The van der Waals surface area contributed by atoms with E-state index in [1.165, 1.54) is 257 Å². The van der Waals surface area contributed by atoms with Crippen molar-refractivity contribution in [3.05, 3.63) is 12.2 Å². The Kier molecular flexibility index (Phi) is 52.5. The summed E-state index contributed by atoms with van der Waals surface area (Å²) in [6.45, 7) is 4.75. The minimum absolute atomic E-state index is 0.0150. The summed E-state index contributed by atoms with van der Waals surface area (Å²) in [6, 6.07) is -0.796. The Morgan fingerprint density at radius 3 is 1.11 bits per heavy atom. The highest BCUT2D eigenvalue weighted by Crippen LogP contribution is 2.38. The van der Waals surface area contributed by atoms with E-state index in [1.54, 1.807) is 0 Å². The molecule has 1 amide bonds. The van der Waals surface area contributed by atoms with E-state index in [1.807, 2.05) is 21.1 Å². The lowest BCUT2D eigenvalue weighted by Crippen LogP contribution is -2.46. The van der Waals surface area contributed by atoms with E-state index >= 15 is 0 Å². The van der Waals surface area contributed by atoms with Gasteiger partial charge in [-0.2, -0.15) is 0 Å². The number of nitrogens with one attached hydrogen (secondary N) is 1. The second-order valence-electron chi connectivity index (χ2n) is 22.8. The van der Waals surface area contributed by atoms with Crippen molar-refractivity contribution in [2.75, 3.05) is 40.9 Å². The number of rotatable bonds is 58. The van der Waals surface area contributed by atoms with Gasteiger partial charge in [0.2, 0.25) is 5.91 Å². The molecule has 0 heterocycles. The summed E-state index contributed by atoms with van der Waals surface area (Å²) in [6.07, 6.45) is 65.8. The van der Waals surface area contributed by atoms with E-state index in [0.717, 1.165) is 38.5 Å². The number of nitrogens with zero attached hydrogens (tertiary/aromatic N) is 1. The first-order valence-electron chi connectivity index (χ1n) is 31.0. The summed E-state index contributed by atoms with van der Waals surface area (Å²) >= 11 is 0. The molecule has 0 aliphatic heterocycles. The quantitative estimate of drug-likeness (QED) is 0.0272. The van der Waals surface area contributed by atoms with Crippen LogP contribution in [0.15, 0.2) is 12.2 Å². The number of phosphoric ester groups is 1. The second kappa shape index (κ2) is 53.1. The number of unbranched alkanes of at least 4 members (excludes halogenated alkanes) is 43. The molecule has 0 aliphatic rings. The predicted molar refractivity (Wildman–Crippen MR) is 302 cm³/mol. The van der Waals surface area contributed by atoms with Gasteiger partial charge in [-0.25, -0.2) is 0 Å². The van der Waals surface area contributed by atoms with Crippen LogP contribution in [0.2, 0.25) is 0 Å². The van der Waals surface area contributed by atoms with Crippen LogP contribution >= 0.6 is 7.82 Å². The molecular formula is C61H123N2O6P. The van der Waals surface area contributed by atoms with E-state index in [9.17, 15) is 19.4 Å². The van der Waals surface area contributed by atoms with E-state index < -0.39 is 20.0 Å². The maximum Gasteiger partial charge on any atom is 0.268 e. The standard InChI is InChI=1S/C61H123N2O6P/c1-6-8-10-12-14-16-18-19-20-21-22-23-24-25-26-27-28-29-30-31-32-33-34-35-36-37-38-39-40-41-42-43-45-47-49-51-53-55-61(65)62-59(58-69-70(66,67)68-57-56-63(3,4)5)60(64)54-52-50-48-46-44-17-15-13-11-9-7-2/h29-30,59-60,64H,6-28,31-58H2,1-5H3,(H-,62,65,66,67)/b30-29-. The van der Waals surface area contributed by atoms with Crippen LogP contribution in [0, 0.1) is 0 Å². The number of amides is 1. The molecule has 0 aromatic heterocycles. The fourth-order valence-electron chi connectivity index (χ4n) is 9.63. The average molecular weight is 1010 g/mol. The smallest absolute Gasteiger partial charge is 0.268 e. The van der Waals surface area contributed by atoms with Crippen molar-refractivity contribution >= 4 is 13.7 Å². The number of carbonyl (C=O) groups excluding carboxylic acids is 1. The zero-order valence-electron chi connectivity index (χ0n) is 47.8. The van der Waals surface area contributed by atoms with Gasteiger partial charge < -0.3 is 28.8 Å². The monoisotopic (exact) mass is 1010 g/mol. The highest BCUT2D eigenvalue weighted by atomic mass is 31.2. The Labute approximate surface area is 437 Å². The SMILES string of the molecule is CCCCCCCCCCCCCCCCCC/C=C\CCCCCCCCCCCCCCCCCCCC(=O)NC(COP(=O)([O-])OCC[N+](C)(C)C)C(O)CCCCCCCCCCCCC. The molecule has 0 aromatic carbocycles. The van der Waals surface area contributed by atoms with Crippen molar-refractivity contribution in [2.24, 2.45) is 0 Å². The average Bonchev–Trinajstić information content (AvgIpc) is 3.32. The minimum atomic E-state index is -4.56. The molecule has 8 nitrogen and oxygen atoms in total. The van der Waals surface area contributed by atoms with Crippen molar-refractivity contribution in [2.45, 2.75) is 334 Å². The number of phosphoric acid groups is 1. The van der Waals surface area contributed by atoms with Crippen molar-refractivity contribution in [3.63, 3.8) is 0 Å².